The summed E-state index contributed by atoms with van der Waals surface area (Å²) in [4.78, 5) is 4.05. The van der Waals surface area contributed by atoms with Gasteiger partial charge < -0.3 is 4.57 Å². The largest absolute Gasteiger partial charge is 0.334 e. The SMILES string of the molecule is Cc1ccc(F)c2c1N(S(=O)(=O)c1cn(C(C)C)cn1)CCC2. The summed E-state index contributed by atoms with van der Waals surface area (Å²) in [5.74, 6) is -0.349. The van der Waals surface area contributed by atoms with Gasteiger partial charge in [-0.15, -0.1) is 0 Å². The maximum absolute atomic E-state index is 14.1. The highest BCUT2D eigenvalue weighted by atomic mass is 32.2. The van der Waals surface area contributed by atoms with Crippen LogP contribution in [0.15, 0.2) is 29.7 Å². The number of hydrogen-bond acceptors (Lipinski definition) is 3. The first-order valence-electron chi connectivity index (χ1n) is 7.66. The number of aryl methyl sites for hydroxylation is 1. The van der Waals surface area contributed by atoms with Crippen molar-refractivity contribution >= 4 is 15.7 Å². The fraction of sp³-hybridized carbons (Fsp3) is 0.438. The minimum Gasteiger partial charge on any atom is -0.334 e. The van der Waals surface area contributed by atoms with Crippen LogP contribution in [0.2, 0.25) is 0 Å². The van der Waals surface area contributed by atoms with Crippen molar-refractivity contribution in [2.24, 2.45) is 0 Å². The van der Waals surface area contributed by atoms with Crippen LogP contribution in [0.1, 0.15) is 37.4 Å². The van der Waals surface area contributed by atoms with Gasteiger partial charge in [0.25, 0.3) is 10.0 Å². The Hall–Kier alpha value is -1.89. The molecule has 0 N–H and O–H groups in total. The van der Waals surface area contributed by atoms with E-state index in [-0.39, 0.29) is 16.9 Å². The number of aromatic nitrogens is 2. The molecule has 2 heterocycles. The van der Waals surface area contributed by atoms with Gasteiger partial charge in [0, 0.05) is 24.3 Å². The van der Waals surface area contributed by atoms with Crippen LogP contribution in [0.5, 0.6) is 0 Å². The van der Waals surface area contributed by atoms with Gasteiger partial charge in [-0.3, -0.25) is 4.31 Å². The van der Waals surface area contributed by atoms with Crippen LogP contribution in [0.4, 0.5) is 10.1 Å². The van der Waals surface area contributed by atoms with Crippen molar-refractivity contribution in [1.82, 2.24) is 9.55 Å². The Balaban J connectivity index is 2.11. The van der Waals surface area contributed by atoms with Gasteiger partial charge in [-0.25, -0.2) is 9.37 Å². The van der Waals surface area contributed by atoms with Crippen LogP contribution < -0.4 is 4.31 Å². The molecule has 2 aromatic rings. The summed E-state index contributed by atoms with van der Waals surface area (Å²) in [5.41, 5.74) is 1.70. The van der Waals surface area contributed by atoms with Gasteiger partial charge in [0.05, 0.1) is 12.0 Å². The van der Waals surface area contributed by atoms with Gasteiger partial charge in [-0.05, 0) is 45.2 Å². The van der Waals surface area contributed by atoms with E-state index in [4.69, 9.17) is 0 Å². The van der Waals surface area contributed by atoms with E-state index in [1.165, 1.54) is 22.9 Å². The van der Waals surface area contributed by atoms with Crippen LogP contribution in [0.25, 0.3) is 0 Å². The molecule has 0 aliphatic carbocycles. The number of fused-ring (bicyclic) bond motifs is 1. The molecular formula is C16H20FN3O2S. The molecule has 124 valence electrons. The van der Waals surface area contributed by atoms with Gasteiger partial charge in [0.15, 0.2) is 5.03 Å². The second-order valence-electron chi connectivity index (χ2n) is 6.13. The molecular weight excluding hydrogens is 317 g/mol. The Bertz CT molecular complexity index is 843. The standard InChI is InChI=1S/C16H20FN3O2S/c1-11(2)19-9-15(18-10-19)23(21,22)20-8-4-5-13-14(17)7-6-12(3)16(13)20/h6-7,9-11H,4-5,8H2,1-3H3. The number of imidazole rings is 1. The number of anilines is 1. The predicted molar refractivity (Wildman–Crippen MR) is 86.6 cm³/mol. The molecule has 0 saturated heterocycles. The fourth-order valence-corrected chi connectivity index (χ4v) is 4.44. The zero-order valence-corrected chi connectivity index (χ0v) is 14.3. The van der Waals surface area contributed by atoms with E-state index in [1.54, 1.807) is 17.6 Å². The van der Waals surface area contributed by atoms with E-state index >= 15 is 0 Å². The van der Waals surface area contributed by atoms with E-state index in [0.29, 0.717) is 30.6 Å². The van der Waals surface area contributed by atoms with E-state index in [9.17, 15) is 12.8 Å². The lowest BCUT2D eigenvalue weighted by Gasteiger charge is -2.31. The number of benzene rings is 1. The van der Waals surface area contributed by atoms with Crippen molar-refractivity contribution < 1.29 is 12.8 Å². The molecule has 23 heavy (non-hydrogen) atoms. The second kappa shape index (κ2) is 5.63. The topological polar surface area (TPSA) is 55.2 Å². The number of rotatable bonds is 3. The Morgan fingerprint density at radius 3 is 2.70 bits per heavy atom. The first kappa shape index (κ1) is 16.0. The van der Waals surface area contributed by atoms with Gasteiger partial charge in [-0.1, -0.05) is 6.07 Å². The van der Waals surface area contributed by atoms with Crippen molar-refractivity contribution in [2.75, 3.05) is 10.8 Å². The van der Waals surface area contributed by atoms with Gasteiger partial charge in [0.1, 0.15) is 5.82 Å². The number of hydrogen-bond donors (Lipinski definition) is 0. The molecule has 5 nitrogen and oxygen atoms in total. The maximum Gasteiger partial charge on any atom is 0.283 e. The first-order valence-corrected chi connectivity index (χ1v) is 9.10. The molecule has 0 unspecified atom stereocenters. The minimum absolute atomic E-state index is 0.00251. The lowest BCUT2D eigenvalue weighted by molar-refractivity contribution is 0.573. The highest BCUT2D eigenvalue weighted by Crippen LogP contribution is 2.35. The van der Waals surface area contributed by atoms with Crippen LogP contribution in [-0.4, -0.2) is 24.5 Å². The number of nitrogens with zero attached hydrogens (tertiary/aromatic N) is 3. The van der Waals surface area contributed by atoms with Crippen molar-refractivity contribution in [3.8, 4) is 0 Å². The van der Waals surface area contributed by atoms with E-state index in [2.05, 4.69) is 4.98 Å². The monoisotopic (exact) mass is 337 g/mol. The molecule has 0 spiro atoms. The smallest absolute Gasteiger partial charge is 0.283 e. The molecule has 7 heteroatoms. The lowest BCUT2D eigenvalue weighted by Crippen LogP contribution is -2.36. The van der Waals surface area contributed by atoms with Crippen LogP contribution >= 0.6 is 0 Å². The Morgan fingerprint density at radius 2 is 2.04 bits per heavy atom. The fourth-order valence-electron chi connectivity index (χ4n) is 2.91. The Labute approximate surface area is 135 Å². The molecule has 0 amide bonds. The third-order valence-electron chi connectivity index (χ3n) is 4.19. The quantitative estimate of drug-likeness (QED) is 0.865. The van der Waals surface area contributed by atoms with Crippen molar-refractivity contribution in [1.29, 1.82) is 0 Å². The minimum atomic E-state index is -3.79. The average molecular weight is 337 g/mol. The molecule has 3 rings (SSSR count). The normalized spacial score (nSPS) is 15.1. The number of halogens is 1. The summed E-state index contributed by atoms with van der Waals surface area (Å²) in [5, 5.41) is 0.00251. The van der Waals surface area contributed by atoms with E-state index in [1.807, 2.05) is 13.8 Å². The van der Waals surface area contributed by atoms with Crippen molar-refractivity contribution in [3.63, 3.8) is 0 Å². The predicted octanol–water partition coefficient (Wildman–Crippen LogP) is 3.05. The van der Waals surface area contributed by atoms with Crippen LogP contribution in [0.3, 0.4) is 0 Å². The zero-order valence-electron chi connectivity index (χ0n) is 13.5. The third-order valence-corrected chi connectivity index (χ3v) is 5.88. The van der Waals surface area contributed by atoms with Gasteiger partial charge in [0.2, 0.25) is 0 Å². The van der Waals surface area contributed by atoms with Crippen LogP contribution in [0, 0.1) is 12.7 Å². The summed E-state index contributed by atoms with van der Waals surface area (Å²) >= 11 is 0. The van der Waals surface area contributed by atoms with E-state index in [0.717, 1.165) is 5.56 Å². The molecule has 0 radical (unpaired) electrons. The van der Waals surface area contributed by atoms with Crippen LogP contribution in [-0.2, 0) is 16.4 Å². The Kier molecular flexibility index (Phi) is 3.91. The summed E-state index contributed by atoms with van der Waals surface area (Å²) in [6.07, 6.45) is 4.19. The van der Waals surface area contributed by atoms with E-state index < -0.39 is 10.0 Å². The maximum atomic E-state index is 14.1. The third kappa shape index (κ3) is 2.63. The molecule has 0 fully saturated rings. The highest BCUT2D eigenvalue weighted by Gasteiger charge is 2.33. The van der Waals surface area contributed by atoms with Gasteiger partial charge in [-0.2, -0.15) is 8.42 Å². The molecule has 0 bridgehead atoms. The molecule has 1 aromatic heterocycles. The number of sulfonamides is 1. The second-order valence-corrected chi connectivity index (χ2v) is 7.93. The molecule has 0 saturated carbocycles. The average Bonchev–Trinajstić information content (AvgIpc) is 3.01. The summed E-state index contributed by atoms with van der Waals surface area (Å²) in [7, 11) is -3.79. The lowest BCUT2D eigenvalue weighted by atomic mass is 9.99. The first-order chi connectivity index (χ1) is 10.8. The summed E-state index contributed by atoms with van der Waals surface area (Å²) < 4.78 is 43.1. The van der Waals surface area contributed by atoms with Crippen molar-refractivity contribution in [3.05, 3.63) is 41.6 Å². The van der Waals surface area contributed by atoms with Gasteiger partial charge >= 0.3 is 0 Å². The summed E-state index contributed by atoms with van der Waals surface area (Å²) in [6, 6.07) is 3.14. The molecule has 1 aliphatic rings. The zero-order chi connectivity index (χ0) is 16.8. The molecule has 1 aromatic carbocycles. The Morgan fingerprint density at radius 1 is 1.30 bits per heavy atom. The van der Waals surface area contributed by atoms with Crippen molar-refractivity contribution in [2.45, 2.75) is 44.7 Å². The highest BCUT2D eigenvalue weighted by molar-refractivity contribution is 7.92. The summed E-state index contributed by atoms with van der Waals surface area (Å²) in [6.45, 7) is 6.05. The molecule has 0 atom stereocenters. The molecule has 1 aliphatic heterocycles.